The molecule has 0 aliphatic carbocycles. The van der Waals surface area contributed by atoms with E-state index in [0.717, 1.165) is 39.2 Å². The highest BCUT2D eigenvalue weighted by Gasteiger charge is 2.09. The van der Waals surface area contributed by atoms with E-state index in [2.05, 4.69) is 16.3 Å². The summed E-state index contributed by atoms with van der Waals surface area (Å²) in [5, 5.41) is 8.46. The zero-order chi connectivity index (χ0) is 13.4. The number of aromatic nitrogens is 2. The Bertz CT molecular complexity index is 746. The first kappa shape index (κ1) is 11.6. The molecule has 1 heterocycles. The Balaban J connectivity index is 2.16. The molecular weight excluding hydrogens is 238 g/mol. The Hall–Kier alpha value is -2.49. The third-order valence-corrected chi connectivity index (χ3v) is 3.26. The molecule has 4 nitrogen and oxygen atoms in total. The minimum atomic E-state index is 0.730. The number of nitrogens with one attached hydrogen (secondary N) is 1. The summed E-state index contributed by atoms with van der Waals surface area (Å²) in [5.41, 5.74) is 10.5. The van der Waals surface area contributed by atoms with E-state index in [0.29, 0.717) is 0 Å². The van der Waals surface area contributed by atoms with Crippen molar-refractivity contribution in [2.45, 2.75) is 6.92 Å². The van der Waals surface area contributed by atoms with Gasteiger partial charge in [0.1, 0.15) is 5.75 Å². The summed E-state index contributed by atoms with van der Waals surface area (Å²) >= 11 is 0. The molecule has 2 aromatic carbocycles. The number of methoxy groups -OCH3 is 1. The summed E-state index contributed by atoms with van der Waals surface area (Å²) in [5.74, 6) is 0.882. The number of nitrogen functional groups attached to an aromatic ring is 1. The molecule has 0 spiro atoms. The van der Waals surface area contributed by atoms with E-state index in [1.807, 2.05) is 37.3 Å². The highest BCUT2D eigenvalue weighted by atomic mass is 16.5. The summed E-state index contributed by atoms with van der Waals surface area (Å²) in [6.07, 6.45) is 0. The molecule has 3 rings (SSSR count). The molecule has 0 saturated carbocycles. The van der Waals surface area contributed by atoms with Crippen LogP contribution >= 0.6 is 0 Å². The second kappa shape index (κ2) is 4.31. The van der Waals surface area contributed by atoms with Gasteiger partial charge in [0.25, 0.3) is 0 Å². The van der Waals surface area contributed by atoms with Gasteiger partial charge in [-0.15, -0.1) is 0 Å². The molecule has 96 valence electrons. The van der Waals surface area contributed by atoms with E-state index in [9.17, 15) is 0 Å². The van der Waals surface area contributed by atoms with Crippen LogP contribution in [-0.4, -0.2) is 17.3 Å². The van der Waals surface area contributed by atoms with Gasteiger partial charge in [-0.25, -0.2) is 0 Å². The van der Waals surface area contributed by atoms with E-state index < -0.39 is 0 Å². The predicted octanol–water partition coefficient (Wildman–Crippen LogP) is 3.13. The molecule has 3 N–H and O–H groups in total. The fourth-order valence-corrected chi connectivity index (χ4v) is 2.28. The van der Waals surface area contributed by atoms with E-state index >= 15 is 0 Å². The number of H-pyrrole nitrogens is 1. The number of fused-ring (bicyclic) bond motifs is 1. The molecule has 0 aliphatic rings. The number of aryl methyl sites for hydroxylation is 1. The summed E-state index contributed by atoms with van der Waals surface area (Å²) in [7, 11) is 1.68. The molecule has 0 amide bonds. The van der Waals surface area contributed by atoms with Crippen molar-refractivity contribution in [2.75, 3.05) is 12.8 Å². The van der Waals surface area contributed by atoms with Crippen LogP contribution in [0.3, 0.4) is 0 Å². The van der Waals surface area contributed by atoms with Crippen molar-refractivity contribution in [3.05, 3.63) is 42.0 Å². The van der Waals surface area contributed by atoms with E-state index in [1.54, 1.807) is 7.11 Å². The van der Waals surface area contributed by atoms with Gasteiger partial charge in [0.2, 0.25) is 0 Å². The van der Waals surface area contributed by atoms with Gasteiger partial charge in [-0.3, -0.25) is 5.10 Å². The molecule has 0 saturated heterocycles. The first-order chi connectivity index (χ1) is 9.19. The van der Waals surface area contributed by atoms with Crippen LogP contribution in [-0.2, 0) is 0 Å². The number of aromatic amines is 1. The van der Waals surface area contributed by atoms with E-state index in [-0.39, 0.29) is 0 Å². The van der Waals surface area contributed by atoms with E-state index in [4.69, 9.17) is 10.5 Å². The van der Waals surface area contributed by atoms with Crippen molar-refractivity contribution >= 4 is 16.6 Å². The molecule has 0 radical (unpaired) electrons. The second-order valence-electron chi connectivity index (χ2n) is 4.56. The molecule has 0 bridgehead atoms. The number of nitrogens with two attached hydrogens (primary N) is 1. The van der Waals surface area contributed by atoms with Crippen LogP contribution in [0.2, 0.25) is 0 Å². The van der Waals surface area contributed by atoms with E-state index in [1.165, 1.54) is 0 Å². The summed E-state index contributed by atoms with van der Waals surface area (Å²) in [4.78, 5) is 0. The summed E-state index contributed by atoms with van der Waals surface area (Å²) < 4.78 is 5.28. The van der Waals surface area contributed by atoms with Crippen molar-refractivity contribution in [3.63, 3.8) is 0 Å². The fourth-order valence-electron chi connectivity index (χ4n) is 2.28. The SMILES string of the molecule is COc1ccc(-c2n[nH]c3cc(N)ccc23)cc1C. The molecule has 0 fully saturated rings. The highest BCUT2D eigenvalue weighted by molar-refractivity contribution is 5.94. The lowest BCUT2D eigenvalue weighted by molar-refractivity contribution is 0.412. The number of benzene rings is 2. The smallest absolute Gasteiger partial charge is 0.121 e. The number of ether oxygens (including phenoxy) is 1. The normalized spacial score (nSPS) is 10.8. The average molecular weight is 253 g/mol. The number of rotatable bonds is 2. The molecule has 1 aromatic heterocycles. The molecule has 0 atom stereocenters. The molecular formula is C15H15N3O. The average Bonchev–Trinajstić information content (AvgIpc) is 2.81. The lowest BCUT2D eigenvalue weighted by Crippen LogP contribution is -1.88. The van der Waals surface area contributed by atoms with Crippen molar-refractivity contribution in [2.24, 2.45) is 0 Å². The molecule has 3 aromatic rings. The fraction of sp³-hybridized carbons (Fsp3) is 0.133. The third kappa shape index (κ3) is 1.91. The first-order valence-electron chi connectivity index (χ1n) is 6.07. The van der Waals surface area contributed by atoms with Gasteiger partial charge in [0, 0.05) is 16.6 Å². The number of anilines is 1. The van der Waals surface area contributed by atoms with Crippen LogP contribution in [0.15, 0.2) is 36.4 Å². The van der Waals surface area contributed by atoms with Gasteiger partial charge >= 0.3 is 0 Å². The maximum atomic E-state index is 5.77. The third-order valence-electron chi connectivity index (χ3n) is 3.26. The Morgan fingerprint density at radius 2 is 2.00 bits per heavy atom. The van der Waals surface area contributed by atoms with Crippen LogP contribution in [0.25, 0.3) is 22.2 Å². The summed E-state index contributed by atoms with van der Waals surface area (Å²) in [6.45, 7) is 2.02. The molecule has 0 unspecified atom stereocenters. The van der Waals surface area contributed by atoms with Crippen LogP contribution in [0, 0.1) is 6.92 Å². The van der Waals surface area contributed by atoms with Crippen molar-refractivity contribution < 1.29 is 4.74 Å². The maximum Gasteiger partial charge on any atom is 0.121 e. The van der Waals surface area contributed by atoms with Crippen LogP contribution in [0.1, 0.15) is 5.56 Å². The largest absolute Gasteiger partial charge is 0.496 e. The standard InChI is InChI=1S/C15H15N3O/c1-9-7-10(3-6-14(9)19-2)15-12-5-4-11(16)8-13(12)17-18-15/h3-8H,16H2,1-2H3,(H,17,18). The number of hydrogen-bond donors (Lipinski definition) is 2. The van der Waals surface area contributed by atoms with Gasteiger partial charge in [0.15, 0.2) is 0 Å². The molecule has 0 aliphatic heterocycles. The Morgan fingerprint density at radius 3 is 2.74 bits per heavy atom. The van der Waals surface area contributed by atoms with Crippen molar-refractivity contribution in [1.29, 1.82) is 0 Å². The zero-order valence-electron chi connectivity index (χ0n) is 10.9. The highest BCUT2D eigenvalue weighted by Crippen LogP contribution is 2.30. The lowest BCUT2D eigenvalue weighted by Gasteiger charge is -2.06. The van der Waals surface area contributed by atoms with Crippen LogP contribution < -0.4 is 10.5 Å². The minimum absolute atomic E-state index is 0.730. The lowest BCUT2D eigenvalue weighted by atomic mass is 10.0. The maximum absolute atomic E-state index is 5.77. The van der Waals surface area contributed by atoms with Gasteiger partial charge in [-0.1, -0.05) is 0 Å². The Morgan fingerprint density at radius 1 is 1.16 bits per heavy atom. The van der Waals surface area contributed by atoms with Gasteiger partial charge < -0.3 is 10.5 Å². The van der Waals surface area contributed by atoms with Gasteiger partial charge in [0.05, 0.1) is 18.3 Å². The molecule has 4 heteroatoms. The Labute approximate surface area is 111 Å². The van der Waals surface area contributed by atoms with Gasteiger partial charge in [-0.2, -0.15) is 5.10 Å². The number of nitrogens with zero attached hydrogens (tertiary/aromatic N) is 1. The monoisotopic (exact) mass is 253 g/mol. The van der Waals surface area contributed by atoms with Crippen molar-refractivity contribution in [3.8, 4) is 17.0 Å². The minimum Gasteiger partial charge on any atom is -0.496 e. The first-order valence-corrected chi connectivity index (χ1v) is 6.07. The van der Waals surface area contributed by atoms with Crippen LogP contribution in [0.4, 0.5) is 5.69 Å². The topological polar surface area (TPSA) is 63.9 Å². The molecule has 19 heavy (non-hydrogen) atoms. The second-order valence-corrected chi connectivity index (χ2v) is 4.56. The van der Waals surface area contributed by atoms with Gasteiger partial charge in [-0.05, 0) is 48.9 Å². The van der Waals surface area contributed by atoms with Crippen LogP contribution in [0.5, 0.6) is 5.75 Å². The zero-order valence-corrected chi connectivity index (χ0v) is 10.9. The Kier molecular flexibility index (Phi) is 2.63. The quantitative estimate of drug-likeness (QED) is 0.690. The predicted molar refractivity (Wildman–Crippen MR) is 77.2 cm³/mol. The van der Waals surface area contributed by atoms with Crippen molar-refractivity contribution in [1.82, 2.24) is 10.2 Å². The summed E-state index contributed by atoms with van der Waals surface area (Å²) in [6, 6.07) is 11.8. The number of hydrogen-bond acceptors (Lipinski definition) is 3.